The van der Waals surface area contributed by atoms with Gasteiger partial charge in [0.25, 0.3) is 17.4 Å². The largest absolute Gasteiger partial charge is 0.502 e. The number of nitrogens with zero attached hydrogens (tertiary/aromatic N) is 2. The topological polar surface area (TPSA) is 118 Å². The zero-order valence-corrected chi connectivity index (χ0v) is 20.4. The summed E-state index contributed by atoms with van der Waals surface area (Å²) in [4.78, 5) is 53.7. The summed E-state index contributed by atoms with van der Waals surface area (Å²) in [6.45, 7) is 2.24. The molecule has 1 spiro atoms. The molecule has 3 heterocycles. The lowest BCUT2D eigenvalue weighted by Crippen LogP contribution is -2.51. The Balaban J connectivity index is 1.54. The average Bonchev–Trinajstić information content (AvgIpc) is 3.36. The molecule has 2 N–H and O–H groups in total. The van der Waals surface area contributed by atoms with Crippen LogP contribution in [0.3, 0.4) is 0 Å². The molecule has 2 unspecified atom stereocenters. The maximum Gasteiger partial charge on any atom is 0.306 e. The van der Waals surface area contributed by atoms with E-state index in [1.54, 1.807) is 6.92 Å². The third-order valence-corrected chi connectivity index (χ3v) is 7.68. The van der Waals surface area contributed by atoms with Crippen LogP contribution in [0.5, 0.6) is 5.75 Å². The molecule has 0 saturated heterocycles. The minimum absolute atomic E-state index is 0.0186. The van der Waals surface area contributed by atoms with Gasteiger partial charge >= 0.3 is 5.97 Å². The van der Waals surface area contributed by atoms with Crippen LogP contribution in [-0.4, -0.2) is 45.5 Å². The van der Waals surface area contributed by atoms with Crippen molar-refractivity contribution >= 4 is 29.4 Å². The molecule has 0 radical (unpaired) electrons. The summed E-state index contributed by atoms with van der Waals surface area (Å²) in [6, 6.07) is 4.12. The molecule has 2 aromatic rings. The maximum absolute atomic E-state index is 13.5. The molecule has 2 atom stereocenters. The van der Waals surface area contributed by atoms with Crippen molar-refractivity contribution in [3.8, 4) is 5.75 Å². The standard InChI is InChI=1S/C25H25ClFN3O6/c1-2-36-18(31)11-14-4-3-8-25(14)28-22(33)20-15-7-9-29(12-13-5-6-17(27)16(26)10-13)23(34)19(15)21(32)24(35)30(20)25/h5-6,10,14,32H,2-4,7-9,11-12H2,1H3,(H,28,33). The molecule has 9 nitrogen and oxygen atoms in total. The van der Waals surface area contributed by atoms with Crippen molar-refractivity contribution in [3.63, 3.8) is 0 Å². The predicted molar refractivity (Wildman–Crippen MR) is 126 cm³/mol. The minimum atomic E-state index is -1.16. The maximum atomic E-state index is 13.5. The van der Waals surface area contributed by atoms with E-state index >= 15 is 0 Å². The number of carbonyl (C=O) groups excluding carboxylic acids is 3. The summed E-state index contributed by atoms with van der Waals surface area (Å²) < 4.78 is 19.9. The van der Waals surface area contributed by atoms with Crippen LogP contribution in [0.25, 0.3) is 0 Å². The summed E-state index contributed by atoms with van der Waals surface area (Å²) >= 11 is 5.86. The number of hydrogen-bond donors (Lipinski definition) is 2. The summed E-state index contributed by atoms with van der Waals surface area (Å²) in [5.74, 6) is -3.23. The van der Waals surface area contributed by atoms with Gasteiger partial charge in [-0.2, -0.15) is 0 Å². The van der Waals surface area contributed by atoms with Crippen LogP contribution in [0.1, 0.15) is 64.6 Å². The number of rotatable bonds is 5. The Morgan fingerprint density at radius 1 is 1.33 bits per heavy atom. The highest BCUT2D eigenvalue weighted by Crippen LogP contribution is 2.46. The monoisotopic (exact) mass is 517 g/mol. The molecular formula is C25H25ClFN3O6. The molecule has 3 aliphatic rings. The van der Waals surface area contributed by atoms with Gasteiger partial charge in [-0.05, 0) is 50.3 Å². The minimum Gasteiger partial charge on any atom is -0.502 e. The highest BCUT2D eigenvalue weighted by atomic mass is 35.5. The van der Waals surface area contributed by atoms with E-state index in [-0.39, 0.29) is 48.8 Å². The fourth-order valence-corrected chi connectivity index (χ4v) is 6.05. The van der Waals surface area contributed by atoms with Gasteiger partial charge in [0.2, 0.25) is 0 Å². The molecule has 190 valence electrons. The van der Waals surface area contributed by atoms with Gasteiger partial charge in [-0.1, -0.05) is 17.7 Å². The third kappa shape index (κ3) is 3.66. The number of hydrogen-bond acceptors (Lipinski definition) is 6. The van der Waals surface area contributed by atoms with Crippen molar-refractivity contribution in [3.05, 3.63) is 61.8 Å². The van der Waals surface area contributed by atoms with Crippen LogP contribution in [0.2, 0.25) is 5.02 Å². The van der Waals surface area contributed by atoms with Gasteiger partial charge in [0.05, 0.1) is 23.6 Å². The summed E-state index contributed by atoms with van der Waals surface area (Å²) in [7, 11) is 0. The fourth-order valence-electron chi connectivity index (χ4n) is 5.84. The Morgan fingerprint density at radius 3 is 2.83 bits per heavy atom. The lowest BCUT2D eigenvalue weighted by molar-refractivity contribution is -0.145. The van der Waals surface area contributed by atoms with Gasteiger partial charge in [-0.3, -0.25) is 23.7 Å². The van der Waals surface area contributed by atoms with E-state index in [0.29, 0.717) is 30.4 Å². The average molecular weight is 518 g/mol. The predicted octanol–water partition coefficient (Wildman–Crippen LogP) is 2.69. The first-order valence-corrected chi connectivity index (χ1v) is 12.3. The second-order valence-electron chi connectivity index (χ2n) is 9.39. The van der Waals surface area contributed by atoms with Gasteiger partial charge in [0.1, 0.15) is 17.2 Å². The normalized spacial score (nSPS) is 22.5. The molecule has 0 bridgehead atoms. The lowest BCUT2D eigenvalue weighted by Gasteiger charge is -2.34. The van der Waals surface area contributed by atoms with E-state index in [1.165, 1.54) is 27.7 Å². The van der Waals surface area contributed by atoms with Crippen molar-refractivity contribution < 1.29 is 28.6 Å². The smallest absolute Gasteiger partial charge is 0.306 e. The van der Waals surface area contributed by atoms with Crippen LogP contribution < -0.4 is 10.9 Å². The van der Waals surface area contributed by atoms with Gasteiger partial charge in [-0.15, -0.1) is 0 Å². The molecule has 1 aromatic heterocycles. The molecule has 2 amide bonds. The zero-order valence-electron chi connectivity index (χ0n) is 19.6. The number of halogens is 2. The number of carbonyl (C=O) groups is 3. The Kier molecular flexibility index (Phi) is 6.02. The lowest BCUT2D eigenvalue weighted by atomic mass is 9.91. The molecule has 1 aliphatic carbocycles. The molecular weight excluding hydrogens is 493 g/mol. The molecule has 11 heteroatoms. The third-order valence-electron chi connectivity index (χ3n) is 7.39. The van der Waals surface area contributed by atoms with E-state index in [2.05, 4.69) is 5.32 Å². The van der Waals surface area contributed by atoms with E-state index in [1.807, 2.05) is 0 Å². The molecule has 5 rings (SSSR count). The van der Waals surface area contributed by atoms with Crippen LogP contribution in [0, 0.1) is 11.7 Å². The fraction of sp³-hybridized carbons (Fsp3) is 0.440. The first kappa shape index (κ1) is 24.3. The number of benzene rings is 1. The van der Waals surface area contributed by atoms with Crippen LogP contribution >= 0.6 is 11.6 Å². The first-order valence-electron chi connectivity index (χ1n) is 11.9. The Labute approximate surface area is 210 Å². The quantitative estimate of drug-likeness (QED) is 0.589. The number of ether oxygens (including phenoxy) is 1. The van der Waals surface area contributed by atoms with Crippen molar-refractivity contribution in [1.29, 1.82) is 0 Å². The van der Waals surface area contributed by atoms with E-state index in [0.717, 1.165) is 0 Å². The number of esters is 1. The number of fused-ring (bicyclic) bond motifs is 4. The highest BCUT2D eigenvalue weighted by molar-refractivity contribution is 6.30. The summed E-state index contributed by atoms with van der Waals surface area (Å²) in [5.41, 5.74) is -1.26. The van der Waals surface area contributed by atoms with E-state index in [4.69, 9.17) is 16.3 Å². The molecule has 36 heavy (non-hydrogen) atoms. The summed E-state index contributed by atoms with van der Waals surface area (Å²) in [6.07, 6.45) is 1.92. The molecule has 1 saturated carbocycles. The molecule has 2 aliphatic heterocycles. The SMILES string of the molecule is CCOC(=O)CC1CCCC12NC(=O)c1c3c(c(O)c(=O)n12)C(=O)N(Cc1ccc(F)c(Cl)c1)CC3. The second-order valence-corrected chi connectivity index (χ2v) is 9.80. The Hall–Kier alpha value is -3.40. The van der Waals surface area contributed by atoms with Crippen molar-refractivity contribution in [2.45, 2.75) is 51.2 Å². The Bertz CT molecular complexity index is 1360. The second kappa shape index (κ2) is 8.92. The number of aromatic hydroxyl groups is 1. The van der Waals surface area contributed by atoms with Gasteiger partial charge in [-0.25, -0.2) is 4.39 Å². The molecule has 1 aromatic carbocycles. The van der Waals surface area contributed by atoms with Crippen LogP contribution in [0.15, 0.2) is 23.0 Å². The first-order chi connectivity index (χ1) is 17.2. The zero-order chi connectivity index (χ0) is 25.8. The van der Waals surface area contributed by atoms with Gasteiger partial charge < -0.3 is 20.1 Å². The Morgan fingerprint density at radius 2 is 2.11 bits per heavy atom. The summed E-state index contributed by atoms with van der Waals surface area (Å²) in [5, 5.41) is 13.8. The number of aromatic nitrogens is 1. The molecule has 1 fully saturated rings. The number of nitrogens with one attached hydrogen (secondary N) is 1. The van der Waals surface area contributed by atoms with Crippen molar-refractivity contribution in [2.24, 2.45) is 5.92 Å². The van der Waals surface area contributed by atoms with Gasteiger partial charge in [0, 0.05) is 24.6 Å². The van der Waals surface area contributed by atoms with Crippen molar-refractivity contribution in [2.75, 3.05) is 13.2 Å². The van der Waals surface area contributed by atoms with Gasteiger partial charge in [0.15, 0.2) is 5.75 Å². The van der Waals surface area contributed by atoms with Crippen LogP contribution in [-0.2, 0) is 28.2 Å². The number of amides is 2. The van der Waals surface area contributed by atoms with E-state index in [9.17, 15) is 28.7 Å². The number of pyridine rings is 1. The van der Waals surface area contributed by atoms with Crippen LogP contribution in [0.4, 0.5) is 4.39 Å². The van der Waals surface area contributed by atoms with Crippen molar-refractivity contribution in [1.82, 2.24) is 14.8 Å². The van der Waals surface area contributed by atoms with E-state index < -0.39 is 46.5 Å². The highest BCUT2D eigenvalue weighted by Gasteiger charge is 2.54.